The van der Waals surface area contributed by atoms with Crippen molar-refractivity contribution in [2.24, 2.45) is 0 Å². The largest absolute Gasteiger partial charge is 0.487 e. The lowest BCUT2D eigenvalue weighted by Gasteiger charge is -2.26. The summed E-state index contributed by atoms with van der Waals surface area (Å²) in [6, 6.07) is 18.4. The number of rotatable bonds is 9. The van der Waals surface area contributed by atoms with Crippen molar-refractivity contribution in [2.75, 3.05) is 0 Å². The van der Waals surface area contributed by atoms with E-state index in [0.29, 0.717) is 15.7 Å². The lowest BCUT2D eigenvalue weighted by Crippen LogP contribution is -2.13. The van der Waals surface area contributed by atoms with Crippen LogP contribution < -0.4 is 4.74 Å². The monoisotopic (exact) mass is 569 g/mol. The third-order valence-electron chi connectivity index (χ3n) is 6.18. The van der Waals surface area contributed by atoms with E-state index < -0.39 is 5.97 Å². The molecule has 6 nitrogen and oxygen atoms in total. The van der Waals surface area contributed by atoms with Crippen molar-refractivity contribution in [3.8, 4) is 11.4 Å². The van der Waals surface area contributed by atoms with E-state index in [-0.39, 0.29) is 22.8 Å². The minimum Gasteiger partial charge on any atom is -0.487 e. The molecule has 1 aromatic heterocycles. The maximum Gasteiger partial charge on any atom is 0.335 e. The highest BCUT2D eigenvalue weighted by atomic mass is 35.5. The molecule has 4 rings (SSSR count). The van der Waals surface area contributed by atoms with Crippen LogP contribution in [0.25, 0.3) is 5.69 Å². The van der Waals surface area contributed by atoms with Gasteiger partial charge in [0.25, 0.3) is 0 Å². The Balaban J connectivity index is 1.58. The fourth-order valence-corrected chi connectivity index (χ4v) is 5.87. The third kappa shape index (κ3) is 6.01. The van der Waals surface area contributed by atoms with Crippen LogP contribution in [0.2, 0.25) is 10.0 Å². The molecule has 0 aliphatic rings. The van der Waals surface area contributed by atoms with Crippen LogP contribution in [-0.2, 0) is 11.4 Å². The van der Waals surface area contributed by atoms with Crippen LogP contribution >= 0.6 is 35.0 Å². The van der Waals surface area contributed by atoms with Gasteiger partial charge in [0.1, 0.15) is 23.7 Å². The summed E-state index contributed by atoms with van der Waals surface area (Å²) < 4.78 is 7.65. The molecule has 0 aliphatic carbocycles. The molecule has 0 saturated heterocycles. The number of aromatic nitrogens is 3. The molecule has 0 bridgehead atoms. The number of para-hydroxylation sites is 1. The van der Waals surface area contributed by atoms with Gasteiger partial charge in [-0.3, -0.25) is 0 Å². The molecule has 0 spiro atoms. The van der Waals surface area contributed by atoms with Gasteiger partial charge in [0.2, 0.25) is 0 Å². The highest BCUT2D eigenvalue weighted by Crippen LogP contribution is 2.42. The van der Waals surface area contributed by atoms with Crippen LogP contribution in [-0.4, -0.2) is 26.1 Å². The number of ether oxygens (including phenoxy) is 1. The standard InChI is InChI=1S/C29H29Cl2N3O3S/c1-17(2)26-24(34(33-32-26)27-22(30)10-7-11-23(27)31)16-37-25-13-12-20(14-18(25)3)29(4,5)38-21-9-6-8-19(15-21)28(35)36/h6-15,17H,16H2,1-5H3,(H,35,36). The van der Waals surface area contributed by atoms with Crippen LogP contribution in [0.1, 0.15) is 66.5 Å². The molecule has 1 N–H and O–H groups in total. The number of hydrogen-bond acceptors (Lipinski definition) is 5. The van der Waals surface area contributed by atoms with Gasteiger partial charge in [-0.2, -0.15) is 0 Å². The second-order valence-electron chi connectivity index (χ2n) is 9.77. The minimum absolute atomic E-state index is 0.129. The molecule has 0 amide bonds. The molecule has 1 heterocycles. The zero-order valence-electron chi connectivity index (χ0n) is 21.8. The second kappa shape index (κ2) is 11.4. The fourth-order valence-electron chi connectivity index (χ4n) is 4.15. The lowest BCUT2D eigenvalue weighted by molar-refractivity contribution is 0.0696. The van der Waals surface area contributed by atoms with Crippen LogP contribution in [0.4, 0.5) is 0 Å². The molecular weight excluding hydrogens is 541 g/mol. The van der Waals surface area contributed by atoms with E-state index in [1.807, 2.05) is 25.1 Å². The topological polar surface area (TPSA) is 77.2 Å². The zero-order valence-corrected chi connectivity index (χ0v) is 24.2. The van der Waals surface area contributed by atoms with E-state index in [0.717, 1.165) is 33.2 Å². The maximum atomic E-state index is 11.4. The second-order valence-corrected chi connectivity index (χ2v) is 12.3. The third-order valence-corrected chi connectivity index (χ3v) is 8.02. The summed E-state index contributed by atoms with van der Waals surface area (Å²) in [7, 11) is 0. The summed E-state index contributed by atoms with van der Waals surface area (Å²) >= 11 is 14.5. The molecule has 9 heteroatoms. The Morgan fingerprint density at radius 3 is 2.39 bits per heavy atom. The molecule has 4 aromatic rings. The van der Waals surface area contributed by atoms with Crippen molar-refractivity contribution in [3.63, 3.8) is 0 Å². The fraction of sp³-hybridized carbons (Fsp3) is 0.276. The predicted molar refractivity (Wildman–Crippen MR) is 153 cm³/mol. The average Bonchev–Trinajstić information content (AvgIpc) is 3.26. The van der Waals surface area contributed by atoms with Crippen molar-refractivity contribution in [1.82, 2.24) is 15.0 Å². The number of aryl methyl sites for hydroxylation is 1. The molecule has 0 aliphatic heterocycles. The predicted octanol–water partition coefficient (Wildman–Crippen LogP) is 8.31. The van der Waals surface area contributed by atoms with Crippen LogP contribution in [0.5, 0.6) is 5.75 Å². The Labute approximate surface area is 236 Å². The summed E-state index contributed by atoms with van der Waals surface area (Å²) in [5.41, 5.74) is 4.54. The van der Waals surface area contributed by atoms with Gasteiger partial charge < -0.3 is 9.84 Å². The van der Waals surface area contributed by atoms with Gasteiger partial charge in [-0.15, -0.1) is 16.9 Å². The molecule has 38 heavy (non-hydrogen) atoms. The summed E-state index contributed by atoms with van der Waals surface area (Å²) in [6.45, 7) is 10.6. The van der Waals surface area contributed by atoms with E-state index in [4.69, 9.17) is 27.9 Å². The maximum absolute atomic E-state index is 11.4. The Bertz CT molecular complexity index is 1460. The number of aromatic carboxylic acids is 1. The molecular formula is C29H29Cl2N3O3S. The first-order chi connectivity index (χ1) is 18.0. The van der Waals surface area contributed by atoms with Crippen LogP contribution in [0.3, 0.4) is 0 Å². The van der Waals surface area contributed by atoms with E-state index >= 15 is 0 Å². The van der Waals surface area contributed by atoms with E-state index in [1.165, 1.54) is 0 Å². The number of carboxylic acid groups (broad SMARTS) is 1. The summed E-state index contributed by atoms with van der Waals surface area (Å²) in [4.78, 5) is 12.3. The van der Waals surface area contributed by atoms with Gasteiger partial charge in [-0.05, 0) is 74.2 Å². The molecule has 0 atom stereocenters. The van der Waals surface area contributed by atoms with E-state index in [1.54, 1.807) is 52.8 Å². The number of nitrogens with zero attached hydrogens (tertiary/aromatic N) is 3. The SMILES string of the molecule is Cc1cc(C(C)(C)Sc2cccc(C(=O)O)c2)ccc1OCc1c(C(C)C)nnn1-c1c(Cl)cccc1Cl. The van der Waals surface area contributed by atoms with E-state index in [2.05, 4.69) is 44.1 Å². The van der Waals surface area contributed by atoms with Gasteiger partial charge in [0, 0.05) is 9.64 Å². The van der Waals surface area contributed by atoms with Gasteiger partial charge in [-0.25, -0.2) is 9.48 Å². The number of hydrogen-bond donors (Lipinski definition) is 1. The number of carboxylic acids is 1. The molecule has 0 fully saturated rings. The van der Waals surface area contributed by atoms with Crippen molar-refractivity contribution >= 4 is 40.9 Å². The highest BCUT2D eigenvalue weighted by Gasteiger charge is 2.24. The number of benzene rings is 3. The Morgan fingerprint density at radius 1 is 1.08 bits per heavy atom. The van der Waals surface area contributed by atoms with Gasteiger partial charge in [0.15, 0.2) is 0 Å². The summed E-state index contributed by atoms with van der Waals surface area (Å²) in [6.07, 6.45) is 0. The molecule has 0 radical (unpaired) electrons. The first kappa shape index (κ1) is 28.0. The first-order valence-corrected chi connectivity index (χ1v) is 13.7. The van der Waals surface area contributed by atoms with Gasteiger partial charge in [0.05, 0.1) is 21.3 Å². The van der Waals surface area contributed by atoms with Crippen LogP contribution in [0, 0.1) is 6.92 Å². The average molecular weight is 571 g/mol. The minimum atomic E-state index is -0.934. The van der Waals surface area contributed by atoms with Gasteiger partial charge in [-0.1, -0.05) is 66.5 Å². The number of carbonyl (C=O) groups is 1. The summed E-state index contributed by atoms with van der Waals surface area (Å²) in [5.74, 6) is -0.0590. The molecule has 3 aromatic carbocycles. The molecule has 0 saturated carbocycles. The Morgan fingerprint density at radius 2 is 1.76 bits per heavy atom. The number of halogens is 2. The van der Waals surface area contributed by atoms with Crippen LogP contribution in [0.15, 0.2) is 65.6 Å². The lowest BCUT2D eigenvalue weighted by atomic mass is 10.00. The van der Waals surface area contributed by atoms with Crippen molar-refractivity contribution < 1.29 is 14.6 Å². The van der Waals surface area contributed by atoms with Crippen molar-refractivity contribution in [3.05, 3.63) is 98.8 Å². The zero-order chi connectivity index (χ0) is 27.6. The quantitative estimate of drug-likeness (QED) is 0.204. The molecule has 0 unspecified atom stereocenters. The first-order valence-electron chi connectivity index (χ1n) is 12.1. The van der Waals surface area contributed by atoms with Crippen molar-refractivity contribution in [1.29, 1.82) is 0 Å². The Hall–Kier alpha value is -3.00. The Kier molecular flexibility index (Phi) is 8.40. The smallest absolute Gasteiger partial charge is 0.335 e. The highest BCUT2D eigenvalue weighted by molar-refractivity contribution is 8.00. The normalized spacial score (nSPS) is 11.7. The summed E-state index contributed by atoms with van der Waals surface area (Å²) in [5, 5.41) is 19.0. The van der Waals surface area contributed by atoms with E-state index in [9.17, 15) is 9.90 Å². The number of thioether (sulfide) groups is 1. The van der Waals surface area contributed by atoms with Crippen molar-refractivity contribution in [2.45, 2.75) is 56.8 Å². The van der Waals surface area contributed by atoms with Gasteiger partial charge >= 0.3 is 5.97 Å². The molecule has 198 valence electrons.